The molecule has 0 amide bonds. The SMILES string of the molecule is CCC(Nc1ncc(C)cc1Br)c1ccccc1. The summed E-state index contributed by atoms with van der Waals surface area (Å²) in [6.07, 6.45) is 2.90. The summed E-state index contributed by atoms with van der Waals surface area (Å²) in [6, 6.07) is 12.8. The molecule has 18 heavy (non-hydrogen) atoms. The Balaban J connectivity index is 2.21. The summed E-state index contributed by atoms with van der Waals surface area (Å²) in [5.41, 5.74) is 2.44. The molecule has 2 nitrogen and oxygen atoms in total. The average Bonchev–Trinajstić information content (AvgIpc) is 2.39. The Bertz CT molecular complexity index is 511. The summed E-state index contributed by atoms with van der Waals surface area (Å²) in [7, 11) is 0. The van der Waals surface area contributed by atoms with Crippen molar-refractivity contribution in [2.24, 2.45) is 0 Å². The van der Waals surface area contributed by atoms with Gasteiger partial charge in [-0.15, -0.1) is 0 Å². The third-order valence-electron chi connectivity index (χ3n) is 2.90. The first kappa shape index (κ1) is 13.1. The van der Waals surface area contributed by atoms with E-state index in [0.717, 1.165) is 22.3 Å². The van der Waals surface area contributed by atoms with Gasteiger partial charge in [-0.25, -0.2) is 4.98 Å². The van der Waals surface area contributed by atoms with Crippen LogP contribution in [0.5, 0.6) is 0 Å². The van der Waals surface area contributed by atoms with Crippen LogP contribution in [-0.4, -0.2) is 4.98 Å². The first-order chi connectivity index (χ1) is 8.70. The zero-order valence-electron chi connectivity index (χ0n) is 10.7. The highest BCUT2D eigenvalue weighted by Gasteiger charge is 2.11. The highest BCUT2D eigenvalue weighted by molar-refractivity contribution is 9.10. The maximum atomic E-state index is 4.43. The van der Waals surface area contributed by atoms with E-state index in [-0.39, 0.29) is 6.04 Å². The minimum atomic E-state index is 0.290. The van der Waals surface area contributed by atoms with Gasteiger partial charge < -0.3 is 5.32 Å². The second-order valence-electron chi connectivity index (χ2n) is 4.36. The zero-order valence-corrected chi connectivity index (χ0v) is 12.2. The predicted molar refractivity (Wildman–Crippen MR) is 79.8 cm³/mol. The molecule has 2 rings (SSSR count). The minimum absolute atomic E-state index is 0.290. The summed E-state index contributed by atoms with van der Waals surface area (Å²) in [4.78, 5) is 4.43. The van der Waals surface area contributed by atoms with Crippen molar-refractivity contribution in [3.05, 3.63) is 58.2 Å². The molecule has 0 bridgehead atoms. The number of nitrogens with zero attached hydrogens (tertiary/aromatic N) is 1. The van der Waals surface area contributed by atoms with Gasteiger partial charge in [0.1, 0.15) is 5.82 Å². The number of aromatic nitrogens is 1. The normalized spacial score (nSPS) is 12.2. The van der Waals surface area contributed by atoms with Crippen molar-refractivity contribution in [2.45, 2.75) is 26.3 Å². The van der Waals surface area contributed by atoms with Crippen LogP contribution in [0, 0.1) is 6.92 Å². The van der Waals surface area contributed by atoms with Crippen molar-refractivity contribution in [3.63, 3.8) is 0 Å². The molecule has 0 spiro atoms. The van der Waals surface area contributed by atoms with Crippen molar-refractivity contribution in [3.8, 4) is 0 Å². The molecule has 0 aliphatic heterocycles. The standard InChI is InChI=1S/C15H17BrN2/c1-3-14(12-7-5-4-6-8-12)18-15-13(16)9-11(2)10-17-15/h4-10,14H,3H2,1-2H3,(H,17,18). The van der Waals surface area contributed by atoms with Crippen LogP contribution in [0.15, 0.2) is 47.1 Å². The van der Waals surface area contributed by atoms with Crippen molar-refractivity contribution in [1.29, 1.82) is 0 Å². The fourth-order valence-electron chi connectivity index (χ4n) is 1.91. The third kappa shape index (κ3) is 3.10. The molecule has 0 fully saturated rings. The van der Waals surface area contributed by atoms with Crippen LogP contribution < -0.4 is 5.32 Å². The van der Waals surface area contributed by atoms with E-state index in [4.69, 9.17) is 0 Å². The largest absolute Gasteiger partial charge is 0.362 e. The van der Waals surface area contributed by atoms with Gasteiger partial charge in [0, 0.05) is 6.20 Å². The number of benzene rings is 1. The molecule has 94 valence electrons. The third-order valence-corrected chi connectivity index (χ3v) is 3.50. The molecule has 0 saturated carbocycles. The fourth-order valence-corrected chi connectivity index (χ4v) is 2.49. The van der Waals surface area contributed by atoms with Gasteiger partial charge in [-0.2, -0.15) is 0 Å². The van der Waals surface area contributed by atoms with E-state index >= 15 is 0 Å². The minimum Gasteiger partial charge on any atom is -0.362 e. The van der Waals surface area contributed by atoms with Crippen molar-refractivity contribution >= 4 is 21.7 Å². The second-order valence-corrected chi connectivity index (χ2v) is 5.21. The van der Waals surface area contributed by atoms with Crippen molar-refractivity contribution in [2.75, 3.05) is 5.32 Å². The van der Waals surface area contributed by atoms with Gasteiger partial charge >= 0.3 is 0 Å². The number of anilines is 1. The van der Waals surface area contributed by atoms with Crippen molar-refractivity contribution < 1.29 is 0 Å². The van der Waals surface area contributed by atoms with E-state index < -0.39 is 0 Å². The quantitative estimate of drug-likeness (QED) is 0.884. The van der Waals surface area contributed by atoms with Crippen LogP contribution in [0.2, 0.25) is 0 Å². The lowest BCUT2D eigenvalue weighted by molar-refractivity contribution is 0.743. The highest BCUT2D eigenvalue weighted by atomic mass is 79.9. The maximum absolute atomic E-state index is 4.43. The molecule has 1 atom stereocenters. The molecule has 1 aromatic carbocycles. The number of pyridine rings is 1. The molecule has 2 aromatic rings. The van der Waals surface area contributed by atoms with Gasteiger partial charge in [-0.3, -0.25) is 0 Å². The van der Waals surface area contributed by atoms with Gasteiger partial charge in [0.2, 0.25) is 0 Å². The molecule has 1 aromatic heterocycles. The Kier molecular flexibility index (Phi) is 4.37. The van der Waals surface area contributed by atoms with Crippen LogP contribution in [-0.2, 0) is 0 Å². The Labute approximate surface area is 117 Å². The summed E-state index contributed by atoms with van der Waals surface area (Å²) >= 11 is 3.55. The maximum Gasteiger partial charge on any atom is 0.140 e. The van der Waals surface area contributed by atoms with Gasteiger partial charge in [0.15, 0.2) is 0 Å². The van der Waals surface area contributed by atoms with E-state index in [0.29, 0.717) is 0 Å². The monoisotopic (exact) mass is 304 g/mol. The van der Waals surface area contributed by atoms with Crippen LogP contribution in [0.25, 0.3) is 0 Å². The average molecular weight is 305 g/mol. The first-order valence-electron chi connectivity index (χ1n) is 6.14. The molecule has 1 unspecified atom stereocenters. The van der Waals surface area contributed by atoms with Crippen LogP contribution in [0.1, 0.15) is 30.5 Å². The van der Waals surface area contributed by atoms with E-state index in [2.05, 4.69) is 63.5 Å². The van der Waals surface area contributed by atoms with E-state index in [1.54, 1.807) is 0 Å². The Morgan fingerprint density at radius 2 is 2.00 bits per heavy atom. The lowest BCUT2D eigenvalue weighted by Crippen LogP contribution is -2.11. The molecule has 0 aliphatic rings. The lowest BCUT2D eigenvalue weighted by Gasteiger charge is -2.19. The number of halogens is 1. The molecule has 0 radical (unpaired) electrons. The molecular weight excluding hydrogens is 288 g/mol. The van der Waals surface area contributed by atoms with Gasteiger partial charge in [0.05, 0.1) is 10.5 Å². The lowest BCUT2D eigenvalue weighted by atomic mass is 10.0. The molecule has 1 N–H and O–H groups in total. The highest BCUT2D eigenvalue weighted by Crippen LogP contribution is 2.26. The number of hydrogen-bond acceptors (Lipinski definition) is 2. The fraction of sp³-hybridized carbons (Fsp3) is 0.267. The Hall–Kier alpha value is -1.35. The predicted octanol–water partition coefficient (Wildman–Crippen LogP) is 4.72. The summed E-state index contributed by atoms with van der Waals surface area (Å²) in [5, 5.41) is 3.48. The number of rotatable bonds is 4. The first-order valence-corrected chi connectivity index (χ1v) is 6.93. The Morgan fingerprint density at radius 3 is 2.61 bits per heavy atom. The van der Waals surface area contributed by atoms with E-state index in [9.17, 15) is 0 Å². The molecule has 3 heteroatoms. The van der Waals surface area contributed by atoms with Crippen LogP contribution in [0.3, 0.4) is 0 Å². The van der Waals surface area contributed by atoms with Gasteiger partial charge in [0.25, 0.3) is 0 Å². The summed E-state index contributed by atoms with van der Waals surface area (Å²) < 4.78 is 1.01. The molecule has 0 aliphatic carbocycles. The van der Waals surface area contributed by atoms with Crippen molar-refractivity contribution in [1.82, 2.24) is 4.98 Å². The molecular formula is C15H17BrN2. The molecule has 0 saturated heterocycles. The van der Waals surface area contributed by atoms with Crippen LogP contribution in [0.4, 0.5) is 5.82 Å². The second kappa shape index (κ2) is 6.01. The van der Waals surface area contributed by atoms with E-state index in [1.165, 1.54) is 5.56 Å². The zero-order chi connectivity index (χ0) is 13.0. The topological polar surface area (TPSA) is 24.9 Å². The number of nitrogens with one attached hydrogen (secondary N) is 1. The van der Waals surface area contributed by atoms with Crippen LogP contribution >= 0.6 is 15.9 Å². The summed E-state index contributed by atoms with van der Waals surface area (Å²) in [5.74, 6) is 0.899. The van der Waals surface area contributed by atoms with Gasteiger partial charge in [-0.1, -0.05) is 37.3 Å². The number of aryl methyl sites for hydroxylation is 1. The smallest absolute Gasteiger partial charge is 0.140 e. The van der Waals surface area contributed by atoms with E-state index in [1.807, 2.05) is 19.2 Å². The Morgan fingerprint density at radius 1 is 1.28 bits per heavy atom. The number of hydrogen-bond donors (Lipinski definition) is 1. The molecule has 1 heterocycles. The summed E-state index contributed by atoms with van der Waals surface area (Å²) in [6.45, 7) is 4.21. The van der Waals surface area contributed by atoms with Gasteiger partial charge in [-0.05, 0) is 46.5 Å².